The summed E-state index contributed by atoms with van der Waals surface area (Å²) >= 11 is 0. The second kappa shape index (κ2) is 4.39. The van der Waals surface area contributed by atoms with E-state index in [4.69, 9.17) is 5.73 Å². The molecule has 0 aliphatic heterocycles. The van der Waals surface area contributed by atoms with E-state index in [9.17, 15) is 4.79 Å². The van der Waals surface area contributed by atoms with Gasteiger partial charge in [0.15, 0.2) is 0 Å². The number of fused-ring (bicyclic) bond motifs is 1. The maximum absolute atomic E-state index is 12.2. The Labute approximate surface area is 108 Å². The summed E-state index contributed by atoms with van der Waals surface area (Å²) in [6.45, 7) is 0. The zero-order chi connectivity index (χ0) is 12.6. The Morgan fingerprint density at radius 3 is 2.67 bits per heavy atom. The normalized spacial score (nSPS) is 20.7. The predicted molar refractivity (Wildman–Crippen MR) is 72.5 cm³/mol. The van der Waals surface area contributed by atoms with Gasteiger partial charge in [0, 0.05) is 5.69 Å². The van der Waals surface area contributed by atoms with Crippen LogP contribution < -0.4 is 11.1 Å². The van der Waals surface area contributed by atoms with Crippen molar-refractivity contribution in [3.8, 4) is 0 Å². The third-order valence-electron chi connectivity index (χ3n) is 4.34. The van der Waals surface area contributed by atoms with Crippen LogP contribution in [-0.2, 0) is 17.6 Å². The van der Waals surface area contributed by atoms with Gasteiger partial charge in [-0.2, -0.15) is 0 Å². The predicted octanol–water partition coefficient (Wildman–Crippen LogP) is 2.39. The van der Waals surface area contributed by atoms with Crippen molar-refractivity contribution in [1.29, 1.82) is 0 Å². The maximum Gasteiger partial charge on any atom is 0.244 e. The molecule has 18 heavy (non-hydrogen) atoms. The van der Waals surface area contributed by atoms with Crippen LogP contribution in [0.2, 0.25) is 0 Å². The van der Waals surface area contributed by atoms with Gasteiger partial charge in [-0.15, -0.1) is 0 Å². The molecule has 0 spiro atoms. The summed E-state index contributed by atoms with van der Waals surface area (Å²) in [6, 6.07) is 6.21. The van der Waals surface area contributed by atoms with Crippen LogP contribution in [-0.4, -0.2) is 11.4 Å². The summed E-state index contributed by atoms with van der Waals surface area (Å²) in [5, 5.41) is 3.05. The molecule has 96 valence electrons. The molecule has 0 bridgehead atoms. The lowest BCUT2D eigenvalue weighted by Crippen LogP contribution is -2.56. The van der Waals surface area contributed by atoms with E-state index in [1.807, 2.05) is 12.1 Å². The van der Waals surface area contributed by atoms with Crippen molar-refractivity contribution in [2.45, 2.75) is 50.5 Å². The third-order valence-corrected chi connectivity index (χ3v) is 4.34. The SMILES string of the molecule is NC1(C(=O)Nc2cccc3c2CCCC3)CCC1. The summed E-state index contributed by atoms with van der Waals surface area (Å²) in [6.07, 6.45) is 7.37. The van der Waals surface area contributed by atoms with Crippen LogP contribution in [0.1, 0.15) is 43.2 Å². The molecular weight excluding hydrogens is 224 g/mol. The molecule has 0 atom stereocenters. The number of hydrogen-bond donors (Lipinski definition) is 2. The smallest absolute Gasteiger partial charge is 0.244 e. The van der Waals surface area contributed by atoms with E-state index >= 15 is 0 Å². The maximum atomic E-state index is 12.2. The molecule has 0 heterocycles. The van der Waals surface area contributed by atoms with Crippen molar-refractivity contribution >= 4 is 11.6 Å². The number of nitrogens with two attached hydrogens (primary N) is 1. The lowest BCUT2D eigenvalue weighted by molar-refractivity contribution is -0.123. The van der Waals surface area contributed by atoms with Crippen molar-refractivity contribution in [2.24, 2.45) is 5.73 Å². The molecule has 0 unspecified atom stereocenters. The highest BCUT2D eigenvalue weighted by Gasteiger charge is 2.40. The van der Waals surface area contributed by atoms with E-state index in [0.717, 1.165) is 37.8 Å². The van der Waals surface area contributed by atoms with Crippen molar-refractivity contribution in [3.05, 3.63) is 29.3 Å². The first kappa shape index (κ1) is 11.7. The zero-order valence-corrected chi connectivity index (χ0v) is 10.7. The van der Waals surface area contributed by atoms with E-state index in [2.05, 4.69) is 11.4 Å². The molecule has 2 aliphatic rings. The fraction of sp³-hybridized carbons (Fsp3) is 0.533. The summed E-state index contributed by atoms with van der Waals surface area (Å²) in [5.74, 6) is -0.00674. The van der Waals surface area contributed by atoms with Gasteiger partial charge in [0.1, 0.15) is 0 Å². The number of hydrogen-bond acceptors (Lipinski definition) is 2. The Morgan fingerprint density at radius 2 is 1.94 bits per heavy atom. The molecule has 1 saturated carbocycles. The van der Waals surface area contributed by atoms with Gasteiger partial charge >= 0.3 is 0 Å². The quantitative estimate of drug-likeness (QED) is 0.839. The monoisotopic (exact) mass is 244 g/mol. The molecular formula is C15H20N2O. The molecule has 1 amide bonds. The highest BCUT2D eigenvalue weighted by Crippen LogP contribution is 2.32. The van der Waals surface area contributed by atoms with Gasteiger partial charge in [-0.05, 0) is 62.1 Å². The average molecular weight is 244 g/mol. The Balaban J connectivity index is 1.82. The molecule has 3 rings (SSSR count). The highest BCUT2D eigenvalue weighted by atomic mass is 16.2. The number of amides is 1. The van der Waals surface area contributed by atoms with Gasteiger partial charge in [0.25, 0.3) is 0 Å². The lowest BCUT2D eigenvalue weighted by Gasteiger charge is -2.36. The molecule has 2 aliphatic carbocycles. The number of benzene rings is 1. The van der Waals surface area contributed by atoms with Crippen LogP contribution in [0.25, 0.3) is 0 Å². The molecule has 3 N–H and O–H groups in total. The number of nitrogens with one attached hydrogen (secondary N) is 1. The molecule has 3 heteroatoms. The molecule has 0 aromatic heterocycles. The third kappa shape index (κ3) is 1.93. The van der Waals surface area contributed by atoms with Crippen molar-refractivity contribution in [2.75, 3.05) is 5.32 Å². The van der Waals surface area contributed by atoms with Crippen molar-refractivity contribution < 1.29 is 4.79 Å². The van der Waals surface area contributed by atoms with Crippen LogP contribution in [0.5, 0.6) is 0 Å². The zero-order valence-electron chi connectivity index (χ0n) is 10.7. The van der Waals surface area contributed by atoms with Crippen LogP contribution >= 0.6 is 0 Å². The minimum Gasteiger partial charge on any atom is -0.324 e. The summed E-state index contributed by atoms with van der Waals surface area (Å²) in [4.78, 5) is 12.2. The minimum atomic E-state index is -0.614. The standard InChI is InChI=1S/C15H20N2O/c16-15(9-4-10-15)14(18)17-13-8-3-6-11-5-1-2-7-12(11)13/h3,6,8H,1-2,4-5,7,9-10,16H2,(H,17,18). The first-order valence-corrected chi connectivity index (χ1v) is 6.90. The Morgan fingerprint density at radius 1 is 1.17 bits per heavy atom. The van der Waals surface area contributed by atoms with Gasteiger partial charge in [-0.1, -0.05) is 12.1 Å². The summed E-state index contributed by atoms with van der Waals surface area (Å²) in [5.41, 5.74) is 9.13. The number of carbonyl (C=O) groups excluding carboxylic acids is 1. The molecule has 0 radical (unpaired) electrons. The van der Waals surface area contributed by atoms with E-state index < -0.39 is 5.54 Å². The van der Waals surface area contributed by atoms with E-state index in [0.29, 0.717) is 0 Å². The molecule has 1 fully saturated rings. The van der Waals surface area contributed by atoms with Crippen LogP contribution in [0.15, 0.2) is 18.2 Å². The number of carbonyl (C=O) groups is 1. The van der Waals surface area contributed by atoms with E-state index in [1.165, 1.54) is 24.0 Å². The van der Waals surface area contributed by atoms with Crippen LogP contribution in [0.4, 0.5) is 5.69 Å². The Bertz CT molecular complexity index is 477. The van der Waals surface area contributed by atoms with Crippen molar-refractivity contribution in [3.63, 3.8) is 0 Å². The molecule has 1 aromatic rings. The fourth-order valence-electron chi connectivity index (χ4n) is 2.93. The summed E-state index contributed by atoms with van der Waals surface area (Å²) in [7, 11) is 0. The van der Waals surface area contributed by atoms with E-state index in [1.54, 1.807) is 0 Å². The van der Waals surface area contributed by atoms with Gasteiger partial charge in [-0.3, -0.25) is 4.79 Å². The molecule has 0 saturated heterocycles. The van der Waals surface area contributed by atoms with E-state index in [-0.39, 0.29) is 5.91 Å². The van der Waals surface area contributed by atoms with Crippen LogP contribution in [0, 0.1) is 0 Å². The number of anilines is 1. The van der Waals surface area contributed by atoms with Gasteiger partial charge < -0.3 is 11.1 Å². The second-order valence-electron chi connectivity index (χ2n) is 5.61. The lowest BCUT2D eigenvalue weighted by atomic mass is 9.77. The molecule has 3 nitrogen and oxygen atoms in total. The average Bonchev–Trinajstić information content (AvgIpc) is 2.36. The largest absolute Gasteiger partial charge is 0.324 e. The first-order valence-electron chi connectivity index (χ1n) is 6.90. The second-order valence-corrected chi connectivity index (χ2v) is 5.61. The number of aryl methyl sites for hydroxylation is 1. The fourth-order valence-corrected chi connectivity index (χ4v) is 2.93. The topological polar surface area (TPSA) is 55.1 Å². The van der Waals surface area contributed by atoms with Gasteiger partial charge in [0.05, 0.1) is 5.54 Å². The highest BCUT2D eigenvalue weighted by molar-refractivity contribution is 5.99. The van der Waals surface area contributed by atoms with Crippen molar-refractivity contribution in [1.82, 2.24) is 0 Å². The first-order chi connectivity index (χ1) is 8.69. The summed E-state index contributed by atoms with van der Waals surface area (Å²) < 4.78 is 0. The Kier molecular flexibility index (Phi) is 2.86. The van der Waals surface area contributed by atoms with Crippen LogP contribution in [0.3, 0.4) is 0 Å². The minimum absolute atomic E-state index is 0.00674. The van der Waals surface area contributed by atoms with Gasteiger partial charge in [-0.25, -0.2) is 0 Å². The number of rotatable bonds is 2. The van der Waals surface area contributed by atoms with Gasteiger partial charge in [0.2, 0.25) is 5.91 Å². The molecule has 1 aromatic carbocycles. The Hall–Kier alpha value is -1.35.